The molecule has 4 nitrogen and oxygen atoms in total. The smallest absolute Gasteiger partial charge is 0.262 e. The number of rotatable bonds is 2. The van der Waals surface area contributed by atoms with Gasteiger partial charge in [-0.3, -0.25) is 4.79 Å². The molecule has 2 heterocycles. The Labute approximate surface area is 123 Å². The lowest BCUT2D eigenvalue weighted by molar-refractivity contribution is 0.454. The number of aromatic amines is 1. The predicted octanol–water partition coefficient (Wildman–Crippen LogP) is 3.52. The van der Waals surface area contributed by atoms with Gasteiger partial charge in [0.05, 0.1) is 9.21 Å². The summed E-state index contributed by atoms with van der Waals surface area (Å²) in [4.78, 5) is 19.6. The van der Waals surface area contributed by atoms with Crippen LogP contribution in [0.15, 0.2) is 47.3 Å². The van der Waals surface area contributed by atoms with E-state index in [1.807, 2.05) is 6.07 Å². The minimum atomic E-state index is -0.386. The molecule has 2 N–H and O–H groups in total. The maximum absolute atomic E-state index is 12.2. The Kier molecular flexibility index (Phi) is 3.30. The van der Waals surface area contributed by atoms with E-state index in [4.69, 9.17) is 11.6 Å². The van der Waals surface area contributed by atoms with Crippen molar-refractivity contribution in [1.82, 2.24) is 9.97 Å². The minimum absolute atomic E-state index is 0.164. The van der Waals surface area contributed by atoms with Gasteiger partial charge in [-0.15, -0.1) is 11.3 Å². The summed E-state index contributed by atoms with van der Waals surface area (Å²) in [5.74, 6) is 0.0172. The van der Waals surface area contributed by atoms with Crippen LogP contribution >= 0.6 is 22.9 Å². The lowest BCUT2D eigenvalue weighted by Gasteiger charge is -2.04. The van der Waals surface area contributed by atoms with E-state index < -0.39 is 0 Å². The number of aromatic hydroxyl groups is 1. The highest BCUT2D eigenvalue weighted by Crippen LogP contribution is 2.30. The van der Waals surface area contributed by atoms with E-state index in [0.29, 0.717) is 20.6 Å². The fourth-order valence-electron chi connectivity index (χ4n) is 1.88. The number of hydrogen-bond acceptors (Lipinski definition) is 4. The number of H-pyrrole nitrogens is 1. The van der Waals surface area contributed by atoms with Gasteiger partial charge < -0.3 is 10.1 Å². The molecule has 3 aromatic rings. The lowest BCUT2D eigenvalue weighted by Crippen LogP contribution is -2.11. The Morgan fingerprint density at radius 1 is 1.15 bits per heavy atom. The third-order valence-electron chi connectivity index (χ3n) is 2.77. The number of benzene rings is 1. The van der Waals surface area contributed by atoms with E-state index in [9.17, 15) is 9.90 Å². The molecule has 6 heteroatoms. The van der Waals surface area contributed by atoms with Crippen LogP contribution in [0.1, 0.15) is 0 Å². The Morgan fingerprint density at radius 3 is 2.50 bits per heavy atom. The van der Waals surface area contributed by atoms with E-state index in [0.717, 1.165) is 0 Å². The average molecular weight is 305 g/mol. The first kappa shape index (κ1) is 12.9. The van der Waals surface area contributed by atoms with Crippen LogP contribution in [0.25, 0.3) is 21.8 Å². The van der Waals surface area contributed by atoms with Crippen LogP contribution in [0.4, 0.5) is 0 Å². The summed E-state index contributed by atoms with van der Waals surface area (Å²) < 4.78 is 0.592. The van der Waals surface area contributed by atoms with Crippen LogP contribution in [-0.4, -0.2) is 15.1 Å². The van der Waals surface area contributed by atoms with Crippen molar-refractivity contribution in [2.24, 2.45) is 0 Å². The van der Waals surface area contributed by atoms with E-state index in [1.54, 1.807) is 36.4 Å². The van der Waals surface area contributed by atoms with E-state index in [2.05, 4.69) is 9.97 Å². The van der Waals surface area contributed by atoms with E-state index >= 15 is 0 Å². The second kappa shape index (κ2) is 5.11. The lowest BCUT2D eigenvalue weighted by atomic mass is 10.1. The van der Waals surface area contributed by atoms with Gasteiger partial charge in [0, 0.05) is 0 Å². The SMILES string of the molecule is O=c1[nH]c(-c2ccc(Cl)s2)nc(O)c1-c1ccccc1. The van der Waals surface area contributed by atoms with E-state index in [-0.39, 0.29) is 17.0 Å². The Hall–Kier alpha value is -2.11. The summed E-state index contributed by atoms with van der Waals surface area (Å²) in [6.07, 6.45) is 0. The summed E-state index contributed by atoms with van der Waals surface area (Å²) in [6.45, 7) is 0. The number of hydrogen-bond donors (Lipinski definition) is 2. The number of nitrogens with one attached hydrogen (secondary N) is 1. The van der Waals surface area contributed by atoms with Crippen molar-refractivity contribution in [1.29, 1.82) is 0 Å². The van der Waals surface area contributed by atoms with Crippen LogP contribution in [0.3, 0.4) is 0 Å². The highest BCUT2D eigenvalue weighted by atomic mass is 35.5. The zero-order chi connectivity index (χ0) is 14.1. The summed E-state index contributed by atoms with van der Waals surface area (Å²) in [5, 5.41) is 10.0. The molecule has 0 amide bonds. The normalized spacial score (nSPS) is 10.7. The maximum Gasteiger partial charge on any atom is 0.262 e. The third kappa shape index (κ3) is 2.33. The zero-order valence-electron chi connectivity index (χ0n) is 10.1. The van der Waals surface area contributed by atoms with Crippen molar-refractivity contribution in [3.05, 3.63) is 57.2 Å². The third-order valence-corrected chi connectivity index (χ3v) is 4.01. The number of nitrogens with zero attached hydrogens (tertiary/aromatic N) is 1. The summed E-state index contributed by atoms with van der Waals surface area (Å²) in [5.41, 5.74) is 0.398. The number of thiophene rings is 1. The van der Waals surface area contributed by atoms with Gasteiger partial charge in [0.1, 0.15) is 5.56 Å². The molecule has 0 saturated carbocycles. The Balaban J connectivity index is 2.15. The van der Waals surface area contributed by atoms with Crippen molar-refractivity contribution < 1.29 is 5.11 Å². The minimum Gasteiger partial charge on any atom is -0.493 e. The molecule has 3 rings (SSSR count). The molecule has 20 heavy (non-hydrogen) atoms. The first-order valence-electron chi connectivity index (χ1n) is 5.79. The van der Waals surface area contributed by atoms with Gasteiger partial charge in [0.25, 0.3) is 5.56 Å². The second-order valence-corrected chi connectivity index (χ2v) is 5.80. The maximum atomic E-state index is 12.2. The van der Waals surface area contributed by atoms with E-state index in [1.165, 1.54) is 11.3 Å². The summed E-state index contributed by atoms with van der Waals surface area (Å²) in [7, 11) is 0. The highest BCUT2D eigenvalue weighted by molar-refractivity contribution is 7.19. The van der Waals surface area contributed by atoms with Gasteiger partial charge in [0.15, 0.2) is 5.82 Å². The first-order chi connectivity index (χ1) is 9.65. The number of aromatic nitrogens is 2. The molecule has 0 bridgehead atoms. The Morgan fingerprint density at radius 2 is 1.90 bits per heavy atom. The fourth-order valence-corrected chi connectivity index (χ4v) is 2.87. The van der Waals surface area contributed by atoms with Crippen LogP contribution in [-0.2, 0) is 0 Å². The topological polar surface area (TPSA) is 66.0 Å². The molecule has 0 fully saturated rings. The largest absolute Gasteiger partial charge is 0.493 e. The van der Waals surface area contributed by atoms with Crippen LogP contribution in [0.2, 0.25) is 4.34 Å². The van der Waals surface area contributed by atoms with Crippen molar-refractivity contribution >= 4 is 22.9 Å². The van der Waals surface area contributed by atoms with Crippen LogP contribution in [0.5, 0.6) is 5.88 Å². The standard InChI is InChI=1S/C14H9ClN2O2S/c15-10-7-6-9(20-10)12-16-13(18)11(14(19)17-12)8-4-2-1-3-5-8/h1-7H,(H2,16,17,18,19). The van der Waals surface area contributed by atoms with Crippen molar-refractivity contribution in [3.8, 4) is 27.7 Å². The van der Waals surface area contributed by atoms with Crippen molar-refractivity contribution in [2.75, 3.05) is 0 Å². The summed E-state index contributed by atoms with van der Waals surface area (Å²) in [6, 6.07) is 12.4. The molecule has 0 aliphatic heterocycles. The highest BCUT2D eigenvalue weighted by Gasteiger charge is 2.14. The molecule has 0 aliphatic carbocycles. The van der Waals surface area contributed by atoms with Gasteiger partial charge in [-0.2, -0.15) is 4.98 Å². The average Bonchev–Trinajstić information content (AvgIpc) is 2.86. The summed E-state index contributed by atoms with van der Waals surface area (Å²) >= 11 is 7.13. The molecule has 100 valence electrons. The second-order valence-electron chi connectivity index (χ2n) is 4.08. The molecule has 0 radical (unpaired) electrons. The Bertz CT molecular complexity index is 812. The monoisotopic (exact) mass is 304 g/mol. The van der Waals surface area contributed by atoms with Crippen molar-refractivity contribution in [2.45, 2.75) is 0 Å². The number of halogens is 1. The molecular weight excluding hydrogens is 296 g/mol. The molecule has 0 aliphatic rings. The van der Waals surface area contributed by atoms with Gasteiger partial charge in [-0.25, -0.2) is 0 Å². The molecular formula is C14H9ClN2O2S. The van der Waals surface area contributed by atoms with Crippen molar-refractivity contribution in [3.63, 3.8) is 0 Å². The van der Waals surface area contributed by atoms with Crippen LogP contribution < -0.4 is 5.56 Å². The van der Waals surface area contributed by atoms with Gasteiger partial charge >= 0.3 is 0 Å². The van der Waals surface area contributed by atoms with Gasteiger partial charge in [-0.1, -0.05) is 41.9 Å². The molecule has 0 atom stereocenters. The molecule has 0 unspecified atom stereocenters. The first-order valence-corrected chi connectivity index (χ1v) is 6.99. The molecule has 1 aromatic carbocycles. The van der Waals surface area contributed by atoms with Gasteiger partial charge in [-0.05, 0) is 17.7 Å². The van der Waals surface area contributed by atoms with Gasteiger partial charge in [0.2, 0.25) is 5.88 Å². The quantitative estimate of drug-likeness (QED) is 0.761. The van der Waals surface area contributed by atoms with Crippen LogP contribution in [0, 0.1) is 0 Å². The fraction of sp³-hybridized carbons (Fsp3) is 0. The molecule has 0 saturated heterocycles. The predicted molar refractivity (Wildman–Crippen MR) is 80.3 cm³/mol. The zero-order valence-corrected chi connectivity index (χ0v) is 11.7. The molecule has 0 spiro atoms. The molecule has 2 aromatic heterocycles.